The summed E-state index contributed by atoms with van der Waals surface area (Å²) >= 11 is 16.0. The normalized spacial score (nSPS) is 16.0. The molecule has 1 atom stereocenters. The maximum absolute atomic E-state index is 12.9. The Kier molecular flexibility index (Phi) is 8.78. The van der Waals surface area contributed by atoms with Crippen LogP contribution >= 0.6 is 39.1 Å². The molecule has 0 spiro atoms. The maximum Gasteiger partial charge on any atom is 0.281 e. The number of carbonyl (C=O) groups is 1. The third-order valence-corrected chi connectivity index (χ3v) is 6.29. The van der Waals surface area contributed by atoms with Crippen molar-refractivity contribution in [1.29, 1.82) is 0 Å². The molecule has 5 nitrogen and oxygen atoms in total. The van der Waals surface area contributed by atoms with E-state index in [0.717, 1.165) is 35.1 Å². The number of hydrazine groups is 1. The van der Waals surface area contributed by atoms with Gasteiger partial charge >= 0.3 is 0 Å². The fourth-order valence-corrected chi connectivity index (χ4v) is 4.31. The van der Waals surface area contributed by atoms with Gasteiger partial charge in [-0.3, -0.25) is 15.2 Å². The van der Waals surface area contributed by atoms with E-state index in [4.69, 9.17) is 23.2 Å². The molecule has 0 aromatic heterocycles. The number of rotatable bonds is 9. The zero-order chi connectivity index (χ0) is 22.4. The molecule has 31 heavy (non-hydrogen) atoms. The molecule has 2 aromatic carbocycles. The van der Waals surface area contributed by atoms with Gasteiger partial charge in [0, 0.05) is 29.5 Å². The predicted octanol–water partition coefficient (Wildman–Crippen LogP) is 6.61. The zero-order valence-corrected chi connectivity index (χ0v) is 20.8. The van der Waals surface area contributed by atoms with Crippen molar-refractivity contribution in [2.45, 2.75) is 45.1 Å². The molecule has 1 unspecified atom stereocenters. The Morgan fingerprint density at radius 3 is 2.61 bits per heavy atom. The van der Waals surface area contributed by atoms with Gasteiger partial charge < -0.3 is 0 Å². The lowest BCUT2D eigenvalue weighted by Gasteiger charge is -2.25. The van der Waals surface area contributed by atoms with Crippen LogP contribution in [0.3, 0.4) is 0 Å². The summed E-state index contributed by atoms with van der Waals surface area (Å²) in [5.74, 6) is -0.187. The number of unbranched alkanes of at least 4 members (excludes halogenated alkanes) is 3. The standard InChI is InChI=1S/C23H27BrCl2N4O/c1-3-4-5-6-13-29(2)28-23(31)20-15-22(16-7-9-17(24)10-8-16)30(27-20)21-12-11-18(25)14-19(21)26/h7-12,14,22H,3-6,13,15H2,1-2H3,(H,28,31). The minimum atomic E-state index is -0.187. The van der Waals surface area contributed by atoms with Gasteiger partial charge in [0.25, 0.3) is 5.91 Å². The van der Waals surface area contributed by atoms with Crippen molar-refractivity contribution >= 4 is 56.4 Å². The number of hydrazone groups is 1. The quantitative estimate of drug-likeness (QED) is 0.296. The van der Waals surface area contributed by atoms with Gasteiger partial charge in [0.2, 0.25) is 0 Å². The first kappa shape index (κ1) is 24.1. The number of nitrogens with one attached hydrogen (secondary N) is 1. The summed E-state index contributed by atoms with van der Waals surface area (Å²) in [6.45, 7) is 2.99. The molecule has 1 aliphatic rings. The van der Waals surface area contributed by atoms with E-state index in [1.54, 1.807) is 12.1 Å². The molecule has 3 rings (SSSR count). The van der Waals surface area contributed by atoms with Crippen molar-refractivity contribution in [2.75, 3.05) is 18.6 Å². The van der Waals surface area contributed by atoms with Gasteiger partial charge in [0.1, 0.15) is 5.71 Å². The molecule has 0 radical (unpaired) electrons. The van der Waals surface area contributed by atoms with Gasteiger partial charge in [-0.25, -0.2) is 5.01 Å². The molecule has 1 N–H and O–H groups in total. The molecule has 0 saturated carbocycles. The first-order valence-corrected chi connectivity index (χ1v) is 12.0. The molecule has 1 aliphatic heterocycles. The Balaban J connectivity index is 1.79. The molecule has 0 fully saturated rings. The van der Waals surface area contributed by atoms with Crippen molar-refractivity contribution in [3.8, 4) is 0 Å². The van der Waals surface area contributed by atoms with Crippen LogP contribution in [0.1, 0.15) is 50.6 Å². The smallest absolute Gasteiger partial charge is 0.281 e. The Labute approximate surface area is 202 Å². The molecule has 166 valence electrons. The average molecular weight is 526 g/mol. The van der Waals surface area contributed by atoms with E-state index in [1.165, 1.54) is 12.8 Å². The van der Waals surface area contributed by atoms with Crippen molar-refractivity contribution in [2.24, 2.45) is 5.10 Å². The number of anilines is 1. The molecule has 1 heterocycles. The van der Waals surface area contributed by atoms with Crippen LogP contribution in [0.15, 0.2) is 52.0 Å². The van der Waals surface area contributed by atoms with Crippen molar-refractivity contribution < 1.29 is 4.79 Å². The lowest BCUT2D eigenvalue weighted by molar-refractivity contribution is -0.118. The van der Waals surface area contributed by atoms with E-state index in [2.05, 4.69) is 33.4 Å². The molecule has 0 bridgehead atoms. The van der Waals surface area contributed by atoms with Crippen molar-refractivity contribution in [3.05, 3.63) is 62.5 Å². The average Bonchev–Trinajstić information content (AvgIpc) is 3.17. The monoisotopic (exact) mass is 524 g/mol. The fourth-order valence-electron chi connectivity index (χ4n) is 3.55. The second-order valence-electron chi connectivity index (χ2n) is 7.68. The molecular weight excluding hydrogens is 499 g/mol. The van der Waals surface area contributed by atoms with Gasteiger partial charge in [-0.05, 0) is 42.3 Å². The zero-order valence-electron chi connectivity index (χ0n) is 17.7. The van der Waals surface area contributed by atoms with E-state index >= 15 is 0 Å². The summed E-state index contributed by atoms with van der Waals surface area (Å²) in [5.41, 5.74) is 5.19. The minimum absolute atomic E-state index is 0.137. The number of nitrogens with zero attached hydrogens (tertiary/aromatic N) is 3. The second kappa shape index (κ2) is 11.3. The summed E-state index contributed by atoms with van der Waals surface area (Å²) in [7, 11) is 1.89. The number of carbonyl (C=O) groups excluding carboxylic acids is 1. The molecule has 1 amide bonds. The summed E-state index contributed by atoms with van der Waals surface area (Å²) < 4.78 is 0.994. The summed E-state index contributed by atoms with van der Waals surface area (Å²) in [6, 6.07) is 13.2. The Bertz CT molecular complexity index is 936. The third kappa shape index (κ3) is 6.45. The topological polar surface area (TPSA) is 47.9 Å². The number of benzene rings is 2. The summed E-state index contributed by atoms with van der Waals surface area (Å²) in [4.78, 5) is 12.9. The highest BCUT2D eigenvalue weighted by molar-refractivity contribution is 9.10. The Hall–Kier alpha value is -1.60. The Morgan fingerprint density at radius 2 is 1.94 bits per heavy atom. The molecule has 0 saturated heterocycles. The molecule has 8 heteroatoms. The number of hydrogen-bond donors (Lipinski definition) is 1. The number of amides is 1. The van der Waals surface area contributed by atoms with Crippen molar-refractivity contribution in [1.82, 2.24) is 10.4 Å². The third-order valence-electron chi connectivity index (χ3n) is 5.22. The highest BCUT2D eigenvalue weighted by Gasteiger charge is 2.33. The van der Waals surface area contributed by atoms with E-state index in [1.807, 2.05) is 47.4 Å². The van der Waals surface area contributed by atoms with Gasteiger partial charge in [0.15, 0.2) is 0 Å². The number of halogens is 3. The lowest BCUT2D eigenvalue weighted by Crippen LogP contribution is -2.43. The van der Waals surface area contributed by atoms with Crippen LogP contribution in [0.4, 0.5) is 5.69 Å². The summed E-state index contributed by atoms with van der Waals surface area (Å²) in [5, 5.41) is 9.37. The van der Waals surface area contributed by atoms with Gasteiger partial charge in [-0.1, -0.05) is 77.5 Å². The van der Waals surface area contributed by atoms with E-state index in [0.29, 0.717) is 22.2 Å². The SMILES string of the molecule is CCCCCCN(C)NC(=O)C1=NN(c2ccc(Cl)cc2Cl)C(c2ccc(Br)cc2)C1. The molecular formula is C23H27BrCl2N4O. The van der Waals surface area contributed by atoms with Crippen LogP contribution < -0.4 is 10.4 Å². The largest absolute Gasteiger partial charge is 0.284 e. The maximum atomic E-state index is 12.9. The predicted molar refractivity (Wildman–Crippen MR) is 133 cm³/mol. The lowest BCUT2D eigenvalue weighted by atomic mass is 10.0. The second-order valence-corrected chi connectivity index (χ2v) is 9.44. The van der Waals surface area contributed by atoms with Crippen LogP contribution in [0.5, 0.6) is 0 Å². The van der Waals surface area contributed by atoms with Crippen LogP contribution in [0, 0.1) is 0 Å². The van der Waals surface area contributed by atoms with E-state index in [-0.39, 0.29) is 11.9 Å². The first-order chi connectivity index (χ1) is 14.9. The highest BCUT2D eigenvalue weighted by Crippen LogP contribution is 2.39. The number of hydrogen-bond acceptors (Lipinski definition) is 4. The van der Waals surface area contributed by atoms with Gasteiger partial charge in [0.05, 0.1) is 16.8 Å². The van der Waals surface area contributed by atoms with Gasteiger partial charge in [-0.2, -0.15) is 5.10 Å². The highest BCUT2D eigenvalue weighted by atomic mass is 79.9. The molecule has 2 aromatic rings. The van der Waals surface area contributed by atoms with Crippen LogP contribution in [0.25, 0.3) is 0 Å². The summed E-state index contributed by atoms with van der Waals surface area (Å²) in [6.07, 6.45) is 5.08. The Morgan fingerprint density at radius 1 is 1.19 bits per heavy atom. The van der Waals surface area contributed by atoms with E-state index in [9.17, 15) is 4.79 Å². The first-order valence-electron chi connectivity index (χ1n) is 10.5. The van der Waals surface area contributed by atoms with Crippen molar-refractivity contribution in [3.63, 3.8) is 0 Å². The van der Waals surface area contributed by atoms with Gasteiger partial charge in [-0.15, -0.1) is 0 Å². The van der Waals surface area contributed by atoms with Crippen LogP contribution in [-0.4, -0.2) is 30.2 Å². The van der Waals surface area contributed by atoms with E-state index < -0.39 is 0 Å². The van der Waals surface area contributed by atoms with Crippen LogP contribution in [0.2, 0.25) is 10.0 Å². The minimum Gasteiger partial charge on any atom is -0.284 e. The fraction of sp³-hybridized carbons (Fsp3) is 0.391. The molecule has 0 aliphatic carbocycles. The van der Waals surface area contributed by atoms with Crippen LogP contribution in [-0.2, 0) is 4.79 Å².